The maximum atomic E-state index is 11.7. The van der Waals surface area contributed by atoms with E-state index in [9.17, 15) is 4.79 Å². The lowest BCUT2D eigenvalue weighted by atomic mass is 10.1. The predicted octanol–water partition coefficient (Wildman–Crippen LogP) is 3.75. The van der Waals surface area contributed by atoms with Crippen LogP contribution in [0.15, 0.2) is 58.1 Å². The Labute approximate surface area is 139 Å². The number of amides is 1. The molecule has 0 radical (unpaired) electrons. The van der Waals surface area contributed by atoms with E-state index in [-0.39, 0.29) is 5.91 Å². The second kappa shape index (κ2) is 7.54. The van der Waals surface area contributed by atoms with Crippen molar-refractivity contribution in [1.82, 2.24) is 5.43 Å². The second-order valence-electron chi connectivity index (χ2n) is 4.15. The fraction of sp³-hybridized carbons (Fsp3) is 0.0667. The molecular weight excluding hydrogens is 431 g/mol. The minimum absolute atomic E-state index is 0.130. The van der Waals surface area contributed by atoms with Crippen molar-refractivity contribution in [3.8, 4) is 0 Å². The lowest BCUT2D eigenvalue weighted by Gasteiger charge is -2.01. The highest BCUT2D eigenvalue weighted by Gasteiger charge is 2.01. The van der Waals surface area contributed by atoms with Crippen molar-refractivity contribution in [2.75, 3.05) is 0 Å². The molecule has 20 heavy (non-hydrogen) atoms. The van der Waals surface area contributed by atoms with Crippen LogP contribution in [0.25, 0.3) is 0 Å². The van der Waals surface area contributed by atoms with Gasteiger partial charge in [-0.25, -0.2) is 5.43 Å². The molecule has 2 rings (SSSR count). The molecule has 0 unspecified atom stereocenters. The summed E-state index contributed by atoms with van der Waals surface area (Å²) in [6.07, 6.45) is 1.96. The van der Waals surface area contributed by atoms with Crippen molar-refractivity contribution < 1.29 is 4.79 Å². The molecule has 0 aliphatic carbocycles. The predicted molar refractivity (Wildman–Crippen MR) is 92.7 cm³/mol. The van der Waals surface area contributed by atoms with E-state index in [1.165, 1.54) is 0 Å². The first-order valence-electron chi connectivity index (χ1n) is 5.95. The number of halogens is 2. The number of hydrogen-bond donors (Lipinski definition) is 1. The van der Waals surface area contributed by atoms with Gasteiger partial charge in [-0.2, -0.15) is 5.10 Å². The van der Waals surface area contributed by atoms with Crippen molar-refractivity contribution in [1.29, 1.82) is 0 Å². The summed E-state index contributed by atoms with van der Waals surface area (Å²) in [4.78, 5) is 11.7. The summed E-state index contributed by atoms with van der Waals surface area (Å²) >= 11 is 5.60. The Hall–Kier alpha value is -1.21. The first kappa shape index (κ1) is 15.2. The normalized spacial score (nSPS) is 10.7. The van der Waals surface area contributed by atoms with Crippen LogP contribution in [-0.4, -0.2) is 12.1 Å². The zero-order chi connectivity index (χ0) is 14.4. The third kappa shape index (κ3) is 5.05. The zero-order valence-corrected chi connectivity index (χ0v) is 14.3. The van der Waals surface area contributed by atoms with Crippen LogP contribution in [0.1, 0.15) is 11.1 Å². The van der Waals surface area contributed by atoms with Crippen molar-refractivity contribution in [2.45, 2.75) is 6.42 Å². The van der Waals surface area contributed by atoms with Crippen molar-refractivity contribution in [3.63, 3.8) is 0 Å². The number of nitrogens with zero attached hydrogens (tertiary/aromatic N) is 1. The van der Waals surface area contributed by atoms with E-state index in [1.54, 1.807) is 6.21 Å². The van der Waals surface area contributed by atoms with Crippen molar-refractivity contribution in [3.05, 3.63) is 67.7 Å². The summed E-state index contributed by atoms with van der Waals surface area (Å²) in [6.45, 7) is 0. The van der Waals surface area contributed by atoms with Gasteiger partial charge >= 0.3 is 0 Å². The number of carbonyl (C=O) groups excluding carboxylic acids is 1. The molecule has 0 aromatic heterocycles. The van der Waals surface area contributed by atoms with E-state index in [0.29, 0.717) is 6.42 Å². The number of hydrogen-bond acceptors (Lipinski definition) is 2. The Morgan fingerprint density at radius 2 is 2.00 bits per heavy atom. The molecule has 0 aliphatic rings. The van der Waals surface area contributed by atoms with Crippen LogP contribution in [0.5, 0.6) is 0 Å². The summed E-state index contributed by atoms with van der Waals surface area (Å²) in [5.74, 6) is -0.130. The second-order valence-corrected chi connectivity index (χ2v) is 6.31. The van der Waals surface area contributed by atoms with Crippen LogP contribution in [0.3, 0.4) is 0 Å². The Morgan fingerprint density at radius 3 is 2.70 bits per heavy atom. The van der Waals surface area contributed by atoms with Gasteiger partial charge in [0.25, 0.3) is 0 Å². The Kier molecular flexibility index (Phi) is 5.72. The zero-order valence-electron chi connectivity index (χ0n) is 10.5. The lowest BCUT2D eigenvalue weighted by Crippen LogP contribution is -2.19. The van der Waals surface area contributed by atoms with Gasteiger partial charge in [-0.3, -0.25) is 4.79 Å². The molecule has 3 nitrogen and oxygen atoms in total. The molecule has 0 saturated carbocycles. The van der Waals surface area contributed by atoms with Gasteiger partial charge in [-0.15, -0.1) is 0 Å². The monoisotopic (exact) mass is 442 g/mol. The summed E-state index contributed by atoms with van der Waals surface area (Å²) in [7, 11) is 0. The highest BCUT2D eigenvalue weighted by molar-refractivity contribution is 14.1. The Bertz CT molecular complexity index is 626. The molecule has 0 bridgehead atoms. The average Bonchev–Trinajstić information content (AvgIpc) is 2.41. The molecule has 1 amide bonds. The summed E-state index contributed by atoms with van der Waals surface area (Å²) in [5, 5.41) is 3.96. The molecule has 0 fully saturated rings. The number of benzene rings is 2. The molecular formula is C15H12BrIN2O. The topological polar surface area (TPSA) is 41.5 Å². The van der Waals surface area contributed by atoms with E-state index in [2.05, 4.69) is 49.0 Å². The summed E-state index contributed by atoms with van der Waals surface area (Å²) in [5.41, 5.74) is 4.44. The van der Waals surface area contributed by atoms with E-state index in [4.69, 9.17) is 0 Å². The first-order valence-corrected chi connectivity index (χ1v) is 7.82. The van der Waals surface area contributed by atoms with Gasteiger partial charge in [0, 0.05) is 8.04 Å². The first-order chi connectivity index (χ1) is 9.63. The molecule has 1 N–H and O–H groups in total. The summed E-state index contributed by atoms with van der Waals surface area (Å²) < 4.78 is 2.13. The highest BCUT2D eigenvalue weighted by atomic mass is 127. The van der Waals surface area contributed by atoms with Gasteiger partial charge in [0.1, 0.15) is 0 Å². The van der Waals surface area contributed by atoms with E-state index >= 15 is 0 Å². The van der Waals surface area contributed by atoms with Gasteiger partial charge < -0.3 is 0 Å². The molecule has 2 aromatic carbocycles. The third-order valence-corrected chi connectivity index (χ3v) is 3.73. The fourth-order valence-electron chi connectivity index (χ4n) is 1.59. The smallest absolute Gasteiger partial charge is 0.244 e. The molecule has 0 saturated heterocycles. The number of carbonyl (C=O) groups is 1. The maximum Gasteiger partial charge on any atom is 0.244 e. The minimum atomic E-state index is -0.130. The van der Waals surface area contributed by atoms with Crippen LogP contribution >= 0.6 is 38.5 Å². The molecule has 0 heterocycles. The van der Waals surface area contributed by atoms with Gasteiger partial charge in [0.15, 0.2) is 0 Å². The van der Waals surface area contributed by atoms with E-state index in [1.807, 2.05) is 48.5 Å². The highest BCUT2D eigenvalue weighted by Crippen LogP contribution is 2.10. The number of rotatable bonds is 4. The van der Waals surface area contributed by atoms with Gasteiger partial charge in [0.2, 0.25) is 5.91 Å². The molecule has 0 spiro atoms. The van der Waals surface area contributed by atoms with Crippen LogP contribution in [-0.2, 0) is 11.2 Å². The van der Waals surface area contributed by atoms with Crippen LogP contribution in [0.4, 0.5) is 0 Å². The van der Waals surface area contributed by atoms with Gasteiger partial charge in [-0.05, 0) is 58.0 Å². The third-order valence-electron chi connectivity index (χ3n) is 2.53. The molecule has 0 aliphatic heterocycles. The quantitative estimate of drug-likeness (QED) is 0.437. The van der Waals surface area contributed by atoms with E-state index in [0.717, 1.165) is 19.2 Å². The van der Waals surface area contributed by atoms with E-state index < -0.39 is 0 Å². The summed E-state index contributed by atoms with van der Waals surface area (Å²) in [6, 6.07) is 15.5. The molecule has 5 heteroatoms. The van der Waals surface area contributed by atoms with Gasteiger partial charge in [0.05, 0.1) is 12.6 Å². The molecule has 2 aromatic rings. The fourth-order valence-corrected chi connectivity index (χ4v) is 2.42. The van der Waals surface area contributed by atoms with Crippen molar-refractivity contribution in [2.24, 2.45) is 5.10 Å². The van der Waals surface area contributed by atoms with Crippen LogP contribution in [0.2, 0.25) is 0 Å². The molecule has 102 valence electrons. The minimum Gasteiger partial charge on any atom is -0.273 e. The Morgan fingerprint density at radius 1 is 1.25 bits per heavy atom. The number of nitrogens with one attached hydrogen (secondary N) is 1. The van der Waals surface area contributed by atoms with Crippen molar-refractivity contribution >= 4 is 50.6 Å². The standard InChI is InChI=1S/C15H12BrIN2O/c16-13-6-4-11(5-7-13)9-15(20)19-18-10-12-2-1-3-14(17)8-12/h1-8,10H,9H2,(H,19,20)/b18-10-. The van der Waals surface area contributed by atoms with Crippen LogP contribution in [0, 0.1) is 3.57 Å². The number of hydrazone groups is 1. The SMILES string of the molecule is O=C(Cc1ccc(Br)cc1)N/N=C\c1cccc(I)c1. The van der Waals surface area contributed by atoms with Gasteiger partial charge in [-0.1, -0.05) is 40.2 Å². The maximum absolute atomic E-state index is 11.7. The Balaban J connectivity index is 1.87. The van der Waals surface area contributed by atoms with Crippen LogP contribution < -0.4 is 5.43 Å². The largest absolute Gasteiger partial charge is 0.273 e. The lowest BCUT2D eigenvalue weighted by molar-refractivity contribution is -0.120. The average molecular weight is 443 g/mol. The molecule has 0 atom stereocenters.